The van der Waals surface area contributed by atoms with Crippen molar-refractivity contribution in [3.63, 3.8) is 0 Å². The van der Waals surface area contributed by atoms with Crippen molar-refractivity contribution in [1.82, 2.24) is 16.0 Å². The van der Waals surface area contributed by atoms with Crippen LogP contribution in [-0.2, 0) is 6.42 Å². The highest BCUT2D eigenvalue weighted by Gasteiger charge is 2.24. The lowest BCUT2D eigenvalue weighted by Crippen LogP contribution is -2.49. The molecular formula is C33H37N3O4. The highest BCUT2D eigenvalue weighted by Crippen LogP contribution is 2.17. The van der Waals surface area contributed by atoms with Crippen LogP contribution in [0, 0.1) is 6.92 Å². The van der Waals surface area contributed by atoms with Crippen molar-refractivity contribution in [2.75, 3.05) is 6.54 Å². The van der Waals surface area contributed by atoms with Crippen molar-refractivity contribution in [1.29, 1.82) is 0 Å². The summed E-state index contributed by atoms with van der Waals surface area (Å²) >= 11 is 0. The van der Waals surface area contributed by atoms with Gasteiger partial charge in [0.1, 0.15) is 5.76 Å². The summed E-state index contributed by atoms with van der Waals surface area (Å²) in [6.07, 6.45) is 1.16. The number of hydrogen-bond donors (Lipinski definition) is 4. The van der Waals surface area contributed by atoms with E-state index < -0.39 is 12.1 Å². The molecule has 208 valence electrons. The Morgan fingerprint density at radius 2 is 1.43 bits per heavy atom. The molecule has 0 aliphatic rings. The molecule has 4 aromatic rings. The summed E-state index contributed by atoms with van der Waals surface area (Å²) < 4.78 is 5.38. The molecule has 0 radical (unpaired) electrons. The molecule has 0 saturated carbocycles. The van der Waals surface area contributed by atoms with Crippen molar-refractivity contribution in [2.24, 2.45) is 0 Å². The number of furan rings is 1. The minimum atomic E-state index is -0.850. The molecule has 0 saturated heterocycles. The molecule has 1 heterocycles. The van der Waals surface area contributed by atoms with E-state index in [1.54, 1.807) is 36.6 Å². The number of amides is 2. The molecule has 1 unspecified atom stereocenters. The fraction of sp³-hybridized carbons (Fsp3) is 0.273. The largest absolute Gasteiger partial charge is 0.467 e. The van der Waals surface area contributed by atoms with Crippen molar-refractivity contribution in [3.8, 4) is 0 Å². The van der Waals surface area contributed by atoms with Crippen molar-refractivity contribution < 1.29 is 19.1 Å². The Balaban J connectivity index is 1.47. The van der Waals surface area contributed by atoms with E-state index in [1.165, 1.54) is 0 Å². The zero-order valence-electron chi connectivity index (χ0n) is 23.1. The molecule has 4 atom stereocenters. The van der Waals surface area contributed by atoms with Gasteiger partial charge in [-0.15, -0.1) is 0 Å². The minimum absolute atomic E-state index is 0.0327. The van der Waals surface area contributed by atoms with E-state index in [2.05, 4.69) is 16.0 Å². The fourth-order valence-corrected chi connectivity index (χ4v) is 4.64. The SMILES string of the molecule is Cc1cc(C(=O)NC(C)c2ccco2)cc(C(=O)N[C@@H](Cc2ccccc2)[C@H](O)CN[C@@H](C)c2ccccc2)c1. The van der Waals surface area contributed by atoms with Gasteiger partial charge in [-0.1, -0.05) is 60.7 Å². The van der Waals surface area contributed by atoms with Crippen LogP contribution in [-0.4, -0.2) is 35.6 Å². The molecule has 0 aliphatic carbocycles. The van der Waals surface area contributed by atoms with Crippen LogP contribution in [0.2, 0.25) is 0 Å². The molecular weight excluding hydrogens is 502 g/mol. The van der Waals surface area contributed by atoms with Crippen LogP contribution in [0.15, 0.2) is 102 Å². The maximum absolute atomic E-state index is 13.5. The summed E-state index contributed by atoms with van der Waals surface area (Å²) in [5, 5.41) is 20.5. The van der Waals surface area contributed by atoms with Crippen molar-refractivity contribution >= 4 is 11.8 Å². The molecule has 0 spiro atoms. The molecule has 0 bridgehead atoms. The van der Waals surface area contributed by atoms with E-state index in [1.807, 2.05) is 81.4 Å². The summed E-state index contributed by atoms with van der Waals surface area (Å²) in [7, 11) is 0. The Bertz CT molecular complexity index is 1370. The second kappa shape index (κ2) is 13.7. The molecule has 40 heavy (non-hydrogen) atoms. The van der Waals surface area contributed by atoms with Crippen LogP contribution in [0.25, 0.3) is 0 Å². The Kier molecular flexibility index (Phi) is 9.89. The van der Waals surface area contributed by atoms with E-state index in [9.17, 15) is 14.7 Å². The maximum atomic E-state index is 13.5. The lowest BCUT2D eigenvalue weighted by Gasteiger charge is -2.26. The van der Waals surface area contributed by atoms with Crippen LogP contribution in [0.1, 0.15) is 69.1 Å². The summed E-state index contributed by atoms with van der Waals surface area (Å²) in [6, 6.07) is 27.5. The van der Waals surface area contributed by atoms with Gasteiger partial charge in [-0.25, -0.2) is 0 Å². The number of rotatable bonds is 12. The summed E-state index contributed by atoms with van der Waals surface area (Å²) in [5.74, 6) is -0.0126. The summed E-state index contributed by atoms with van der Waals surface area (Å²) in [6.45, 7) is 6.01. The molecule has 4 rings (SSSR count). The van der Waals surface area contributed by atoms with E-state index in [-0.39, 0.29) is 23.9 Å². The summed E-state index contributed by atoms with van der Waals surface area (Å²) in [4.78, 5) is 26.4. The van der Waals surface area contributed by atoms with Gasteiger partial charge in [0.05, 0.1) is 24.5 Å². The van der Waals surface area contributed by atoms with Gasteiger partial charge in [-0.2, -0.15) is 0 Å². The van der Waals surface area contributed by atoms with Gasteiger partial charge in [0, 0.05) is 23.7 Å². The van der Waals surface area contributed by atoms with E-state index in [0.717, 1.165) is 16.7 Å². The smallest absolute Gasteiger partial charge is 0.251 e. The quantitative estimate of drug-likeness (QED) is 0.200. The van der Waals surface area contributed by atoms with E-state index in [0.29, 0.717) is 29.9 Å². The second-order valence-corrected chi connectivity index (χ2v) is 10.2. The second-order valence-electron chi connectivity index (χ2n) is 10.2. The van der Waals surface area contributed by atoms with Gasteiger partial charge >= 0.3 is 0 Å². The third kappa shape index (κ3) is 7.91. The first-order valence-corrected chi connectivity index (χ1v) is 13.6. The van der Waals surface area contributed by atoms with Gasteiger partial charge in [-0.05, 0) is 74.2 Å². The number of carbonyl (C=O) groups is 2. The predicted molar refractivity (Wildman–Crippen MR) is 156 cm³/mol. The topological polar surface area (TPSA) is 104 Å². The molecule has 2 amide bonds. The molecule has 0 fully saturated rings. The van der Waals surface area contributed by atoms with Crippen LogP contribution >= 0.6 is 0 Å². The van der Waals surface area contributed by atoms with Crippen LogP contribution in [0.5, 0.6) is 0 Å². The highest BCUT2D eigenvalue weighted by atomic mass is 16.3. The first-order chi connectivity index (χ1) is 19.3. The zero-order chi connectivity index (χ0) is 28.5. The molecule has 7 nitrogen and oxygen atoms in total. The molecule has 4 N–H and O–H groups in total. The molecule has 0 aliphatic heterocycles. The van der Waals surface area contributed by atoms with Gasteiger partial charge < -0.3 is 25.5 Å². The molecule has 1 aromatic heterocycles. The normalized spacial score (nSPS) is 14.1. The van der Waals surface area contributed by atoms with Gasteiger partial charge in [0.15, 0.2) is 0 Å². The number of aliphatic hydroxyl groups is 1. The van der Waals surface area contributed by atoms with Crippen LogP contribution < -0.4 is 16.0 Å². The Morgan fingerprint density at radius 1 is 0.800 bits per heavy atom. The molecule has 3 aromatic carbocycles. The maximum Gasteiger partial charge on any atom is 0.251 e. The Hall–Kier alpha value is -4.20. The number of hydrogen-bond acceptors (Lipinski definition) is 5. The van der Waals surface area contributed by atoms with Gasteiger partial charge in [0.25, 0.3) is 11.8 Å². The number of nitrogens with one attached hydrogen (secondary N) is 3. The third-order valence-corrected chi connectivity index (χ3v) is 6.93. The zero-order valence-corrected chi connectivity index (χ0v) is 23.1. The van der Waals surface area contributed by atoms with E-state index in [4.69, 9.17) is 4.42 Å². The average molecular weight is 540 g/mol. The van der Waals surface area contributed by atoms with Crippen molar-refractivity contribution in [3.05, 3.63) is 131 Å². The van der Waals surface area contributed by atoms with Gasteiger partial charge in [-0.3, -0.25) is 9.59 Å². The number of aliphatic hydroxyl groups excluding tert-OH is 1. The summed E-state index contributed by atoms with van der Waals surface area (Å²) in [5.41, 5.74) is 3.63. The van der Waals surface area contributed by atoms with Crippen LogP contribution in [0.3, 0.4) is 0 Å². The fourth-order valence-electron chi connectivity index (χ4n) is 4.64. The minimum Gasteiger partial charge on any atom is -0.467 e. The Morgan fingerprint density at radius 3 is 2.05 bits per heavy atom. The highest BCUT2D eigenvalue weighted by molar-refractivity contribution is 6.00. The monoisotopic (exact) mass is 539 g/mol. The first kappa shape index (κ1) is 28.8. The lowest BCUT2D eigenvalue weighted by atomic mass is 9.99. The van der Waals surface area contributed by atoms with Crippen molar-refractivity contribution in [2.45, 2.75) is 51.4 Å². The lowest BCUT2D eigenvalue weighted by molar-refractivity contribution is 0.0825. The Labute approximate surface area is 235 Å². The predicted octanol–water partition coefficient (Wildman–Crippen LogP) is 5.13. The standard InChI is InChI=1S/C33H37N3O4/c1-22-17-27(32(38)35-24(3)31-15-10-16-40-31)20-28(18-22)33(39)36-29(19-25-11-6-4-7-12-25)30(37)21-34-23(2)26-13-8-5-9-14-26/h4-18,20,23-24,29-30,34,37H,19,21H2,1-3H3,(H,35,38)(H,36,39)/t23-,24?,29-,30+/m0/s1. The third-order valence-electron chi connectivity index (χ3n) is 6.93. The average Bonchev–Trinajstić information content (AvgIpc) is 3.51. The number of carbonyl (C=O) groups excluding carboxylic acids is 2. The molecule has 7 heteroatoms. The number of benzene rings is 3. The first-order valence-electron chi connectivity index (χ1n) is 13.6. The van der Waals surface area contributed by atoms with Crippen LogP contribution in [0.4, 0.5) is 0 Å². The van der Waals surface area contributed by atoms with E-state index >= 15 is 0 Å². The number of aryl methyl sites for hydroxylation is 1. The van der Waals surface area contributed by atoms with Gasteiger partial charge in [0.2, 0.25) is 0 Å².